The van der Waals surface area contributed by atoms with Crippen molar-refractivity contribution in [3.05, 3.63) is 66.2 Å². The fourth-order valence-corrected chi connectivity index (χ4v) is 2.03. The Kier molecular flexibility index (Phi) is 6.14. The summed E-state index contributed by atoms with van der Waals surface area (Å²) >= 11 is 0. The van der Waals surface area contributed by atoms with Crippen LogP contribution in [0.5, 0.6) is 17.2 Å². The highest BCUT2D eigenvalue weighted by molar-refractivity contribution is 6.18. The van der Waals surface area contributed by atoms with Crippen LogP contribution in [0.25, 0.3) is 0 Å². The summed E-state index contributed by atoms with van der Waals surface area (Å²) in [5, 5.41) is 0. The van der Waals surface area contributed by atoms with Crippen molar-refractivity contribution in [1.29, 1.82) is 0 Å². The second-order valence-corrected chi connectivity index (χ2v) is 4.91. The van der Waals surface area contributed by atoms with E-state index in [2.05, 4.69) is 4.99 Å². The van der Waals surface area contributed by atoms with E-state index in [0.717, 1.165) is 5.75 Å². The van der Waals surface area contributed by atoms with Gasteiger partial charge in [-0.05, 0) is 42.8 Å². The molecule has 2 N–H and O–H groups in total. The number of allylic oxidation sites excluding steroid dienone is 1. The highest BCUT2D eigenvalue weighted by Gasteiger charge is 2.14. The molecule has 0 aliphatic carbocycles. The molecular formula is C19H20N2O3. The molecule has 0 bridgehead atoms. The molecule has 0 heterocycles. The Bertz CT molecular complexity index is 735. The zero-order valence-electron chi connectivity index (χ0n) is 13.7. The van der Waals surface area contributed by atoms with E-state index in [9.17, 15) is 4.79 Å². The molecule has 0 radical (unpaired) electrons. The van der Waals surface area contributed by atoms with E-state index < -0.39 is 5.91 Å². The van der Waals surface area contributed by atoms with Crippen molar-refractivity contribution in [2.45, 2.75) is 13.3 Å². The van der Waals surface area contributed by atoms with E-state index in [1.807, 2.05) is 37.3 Å². The van der Waals surface area contributed by atoms with Gasteiger partial charge in [0.15, 0.2) is 0 Å². The molecular weight excluding hydrogens is 304 g/mol. The number of nitrogens with zero attached hydrogens (tertiary/aromatic N) is 1. The van der Waals surface area contributed by atoms with Crippen molar-refractivity contribution in [2.75, 3.05) is 7.05 Å². The van der Waals surface area contributed by atoms with E-state index in [-0.39, 0.29) is 11.5 Å². The van der Waals surface area contributed by atoms with E-state index >= 15 is 0 Å². The summed E-state index contributed by atoms with van der Waals surface area (Å²) in [4.78, 5) is 15.5. The number of hydrogen-bond acceptors (Lipinski definition) is 4. The quantitative estimate of drug-likeness (QED) is 0.500. The molecule has 2 rings (SSSR count). The lowest BCUT2D eigenvalue weighted by atomic mass is 10.2. The third-order valence-corrected chi connectivity index (χ3v) is 3.12. The Morgan fingerprint density at radius 2 is 1.62 bits per heavy atom. The summed E-state index contributed by atoms with van der Waals surface area (Å²) in [6, 6.07) is 16.5. The molecule has 5 nitrogen and oxygen atoms in total. The minimum absolute atomic E-state index is 0.195. The van der Waals surface area contributed by atoms with Gasteiger partial charge in [-0.3, -0.25) is 9.79 Å². The lowest BCUT2D eigenvalue weighted by molar-refractivity contribution is -0.114. The molecule has 24 heavy (non-hydrogen) atoms. The maximum atomic E-state index is 11.5. The van der Waals surface area contributed by atoms with Gasteiger partial charge in [0.2, 0.25) is 5.90 Å². The van der Waals surface area contributed by atoms with Crippen LogP contribution in [0.3, 0.4) is 0 Å². The molecule has 1 amide bonds. The summed E-state index contributed by atoms with van der Waals surface area (Å²) < 4.78 is 11.4. The molecule has 0 atom stereocenters. The second kappa shape index (κ2) is 8.53. The molecule has 5 heteroatoms. The Morgan fingerprint density at radius 3 is 2.17 bits per heavy atom. The van der Waals surface area contributed by atoms with Gasteiger partial charge in [0.1, 0.15) is 17.2 Å². The van der Waals surface area contributed by atoms with Crippen LogP contribution in [0.4, 0.5) is 0 Å². The molecule has 0 unspecified atom stereocenters. The Labute approximate surface area is 141 Å². The average Bonchev–Trinajstić information content (AvgIpc) is 2.60. The van der Waals surface area contributed by atoms with Crippen molar-refractivity contribution >= 4 is 11.8 Å². The first-order valence-electron chi connectivity index (χ1n) is 7.62. The monoisotopic (exact) mass is 324 g/mol. The smallest absolute Gasteiger partial charge is 0.253 e. The fourth-order valence-electron chi connectivity index (χ4n) is 2.03. The Hall–Kier alpha value is -3.08. The highest BCUT2D eigenvalue weighted by Crippen LogP contribution is 2.24. The van der Waals surface area contributed by atoms with Crippen molar-refractivity contribution in [1.82, 2.24) is 0 Å². The van der Waals surface area contributed by atoms with Gasteiger partial charge in [-0.15, -0.1) is 0 Å². The predicted molar refractivity (Wildman–Crippen MR) is 94.5 cm³/mol. The lowest BCUT2D eigenvalue weighted by Gasteiger charge is -2.11. The zero-order valence-corrected chi connectivity index (χ0v) is 13.7. The summed E-state index contributed by atoms with van der Waals surface area (Å²) in [7, 11) is 1.55. The molecule has 0 aromatic heterocycles. The third kappa shape index (κ3) is 4.71. The minimum Gasteiger partial charge on any atom is -0.457 e. The first kappa shape index (κ1) is 17.3. The maximum Gasteiger partial charge on any atom is 0.253 e. The van der Waals surface area contributed by atoms with Gasteiger partial charge in [0.25, 0.3) is 5.91 Å². The van der Waals surface area contributed by atoms with Crippen LogP contribution in [0.1, 0.15) is 13.3 Å². The number of aliphatic imine (C=N–C) groups is 1. The number of nitrogens with two attached hydrogens (primary N) is 1. The molecule has 2 aromatic rings. The first-order valence-corrected chi connectivity index (χ1v) is 7.62. The number of primary amides is 1. The van der Waals surface area contributed by atoms with Crippen molar-refractivity contribution in [3.8, 4) is 17.2 Å². The SMILES string of the molecule is CC/C=C(C(N)=O)\C(=N/C)Oc1ccc(Oc2ccccc2)cc1. The zero-order chi connectivity index (χ0) is 17.4. The summed E-state index contributed by atoms with van der Waals surface area (Å²) in [5.41, 5.74) is 5.64. The first-order chi connectivity index (χ1) is 11.6. The largest absolute Gasteiger partial charge is 0.457 e. The van der Waals surface area contributed by atoms with Crippen LogP contribution >= 0.6 is 0 Å². The number of rotatable bonds is 6. The molecule has 0 fully saturated rings. The van der Waals surface area contributed by atoms with Gasteiger partial charge < -0.3 is 15.2 Å². The van der Waals surface area contributed by atoms with Gasteiger partial charge in [0.05, 0.1) is 5.57 Å². The fraction of sp³-hybridized carbons (Fsp3) is 0.158. The van der Waals surface area contributed by atoms with Gasteiger partial charge in [-0.25, -0.2) is 0 Å². The Morgan fingerprint density at radius 1 is 1.04 bits per heavy atom. The maximum absolute atomic E-state index is 11.5. The summed E-state index contributed by atoms with van der Waals surface area (Å²) in [6.45, 7) is 1.91. The number of carbonyl (C=O) groups is 1. The van der Waals surface area contributed by atoms with Crippen LogP contribution in [-0.4, -0.2) is 18.9 Å². The van der Waals surface area contributed by atoms with Crippen LogP contribution in [0, 0.1) is 0 Å². The average molecular weight is 324 g/mol. The van der Waals surface area contributed by atoms with Crippen LogP contribution in [0.2, 0.25) is 0 Å². The van der Waals surface area contributed by atoms with Gasteiger partial charge >= 0.3 is 0 Å². The molecule has 2 aromatic carbocycles. The lowest BCUT2D eigenvalue weighted by Crippen LogP contribution is -2.24. The van der Waals surface area contributed by atoms with E-state index in [0.29, 0.717) is 17.9 Å². The van der Waals surface area contributed by atoms with Crippen LogP contribution in [-0.2, 0) is 4.79 Å². The Balaban J connectivity index is 2.10. The number of ether oxygens (including phenoxy) is 2. The summed E-state index contributed by atoms with van der Waals surface area (Å²) in [6.07, 6.45) is 2.35. The number of hydrogen-bond donors (Lipinski definition) is 1. The molecule has 124 valence electrons. The molecule has 0 saturated carbocycles. The second-order valence-electron chi connectivity index (χ2n) is 4.91. The highest BCUT2D eigenvalue weighted by atomic mass is 16.5. The van der Waals surface area contributed by atoms with Gasteiger partial charge in [-0.2, -0.15) is 0 Å². The minimum atomic E-state index is -0.568. The van der Waals surface area contributed by atoms with Crippen molar-refractivity contribution in [3.63, 3.8) is 0 Å². The molecule has 0 aliphatic rings. The topological polar surface area (TPSA) is 73.9 Å². The van der Waals surface area contributed by atoms with Crippen molar-refractivity contribution < 1.29 is 14.3 Å². The normalized spacial score (nSPS) is 11.9. The number of amides is 1. The number of carbonyl (C=O) groups excluding carboxylic acids is 1. The van der Waals surface area contributed by atoms with Crippen LogP contribution in [0.15, 0.2) is 71.2 Å². The van der Waals surface area contributed by atoms with E-state index in [1.165, 1.54) is 0 Å². The summed E-state index contributed by atoms with van der Waals surface area (Å²) in [5.74, 6) is 1.61. The van der Waals surface area contributed by atoms with Gasteiger partial charge in [-0.1, -0.05) is 31.2 Å². The van der Waals surface area contributed by atoms with E-state index in [1.54, 1.807) is 37.4 Å². The number of benzene rings is 2. The molecule has 0 spiro atoms. The van der Waals surface area contributed by atoms with Crippen LogP contribution < -0.4 is 15.2 Å². The standard InChI is InChI=1S/C19H20N2O3/c1-3-7-17(18(20)22)19(21-2)24-16-12-10-15(11-13-16)23-14-8-5-4-6-9-14/h4-13H,3H2,1-2H3,(H2,20,22)/b17-7-,21-19+. The third-order valence-electron chi connectivity index (χ3n) is 3.12. The molecule has 0 saturated heterocycles. The van der Waals surface area contributed by atoms with Crippen molar-refractivity contribution in [2.24, 2.45) is 10.7 Å². The van der Waals surface area contributed by atoms with E-state index in [4.69, 9.17) is 15.2 Å². The molecule has 0 aliphatic heterocycles. The predicted octanol–water partition coefficient (Wildman–Crippen LogP) is 3.71. The number of para-hydroxylation sites is 1. The van der Waals surface area contributed by atoms with Gasteiger partial charge in [0, 0.05) is 7.05 Å².